The summed E-state index contributed by atoms with van der Waals surface area (Å²) >= 11 is 0. The minimum Gasteiger partial charge on any atom is -0.330 e. The first-order chi connectivity index (χ1) is 12.6. The molecule has 0 saturated heterocycles. The summed E-state index contributed by atoms with van der Waals surface area (Å²) in [6.07, 6.45) is 13.1. The van der Waals surface area contributed by atoms with E-state index in [0.29, 0.717) is 18.0 Å². The van der Waals surface area contributed by atoms with Crippen molar-refractivity contribution in [1.29, 1.82) is 0 Å². The van der Waals surface area contributed by atoms with Crippen LogP contribution in [0.1, 0.15) is 91.4 Å². The van der Waals surface area contributed by atoms with Crippen LogP contribution in [0.15, 0.2) is 0 Å². The highest BCUT2D eigenvalue weighted by molar-refractivity contribution is 5.09. The van der Waals surface area contributed by atoms with Crippen molar-refractivity contribution in [1.82, 2.24) is 0 Å². The molecule has 4 heteroatoms. The molecule has 0 aromatic heterocycles. The molecule has 3 aliphatic carbocycles. The Labute approximate surface area is 167 Å². The molecule has 0 spiro atoms. The SMILES string of the molecule is CC1(C)CC(C)(CN)CC(N)(C(C2CCC(N)CC2)C2CCC(N)CC2)C1. The topological polar surface area (TPSA) is 104 Å². The predicted molar refractivity (Wildman–Crippen MR) is 115 cm³/mol. The lowest BCUT2D eigenvalue weighted by atomic mass is 9.50. The highest BCUT2D eigenvalue weighted by atomic mass is 14.8. The molecule has 0 amide bonds. The Balaban J connectivity index is 1.90. The number of rotatable bonds is 4. The van der Waals surface area contributed by atoms with Crippen LogP contribution >= 0.6 is 0 Å². The number of hydrogen-bond donors (Lipinski definition) is 4. The lowest BCUT2D eigenvalue weighted by Crippen LogP contribution is -2.62. The zero-order valence-electron chi connectivity index (χ0n) is 18.2. The van der Waals surface area contributed by atoms with E-state index in [0.717, 1.165) is 31.2 Å². The van der Waals surface area contributed by atoms with Gasteiger partial charge in [-0.25, -0.2) is 0 Å². The quantitative estimate of drug-likeness (QED) is 0.601. The Bertz CT molecular complexity index is 469. The van der Waals surface area contributed by atoms with Crippen molar-refractivity contribution in [3.8, 4) is 0 Å². The van der Waals surface area contributed by atoms with Gasteiger partial charge in [0.25, 0.3) is 0 Å². The van der Waals surface area contributed by atoms with Crippen LogP contribution in [0.4, 0.5) is 0 Å². The Morgan fingerprint density at radius 1 is 0.741 bits per heavy atom. The minimum atomic E-state index is -0.103. The van der Waals surface area contributed by atoms with Crippen LogP contribution in [0.5, 0.6) is 0 Å². The van der Waals surface area contributed by atoms with E-state index < -0.39 is 0 Å². The van der Waals surface area contributed by atoms with Crippen LogP contribution in [0.3, 0.4) is 0 Å². The molecule has 8 N–H and O–H groups in total. The molecular weight excluding hydrogens is 332 g/mol. The van der Waals surface area contributed by atoms with Gasteiger partial charge in [0.1, 0.15) is 0 Å². The number of nitrogens with two attached hydrogens (primary N) is 4. The van der Waals surface area contributed by atoms with Gasteiger partial charge in [0.05, 0.1) is 0 Å². The summed E-state index contributed by atoms with van der Waals surface area (Å²) in [7, 11) is 0. The number of hydrogen-bond acceptors (Lipinski definition) is 4. The average Bonchev–Trinajstić information content (AvgIpc) is 2.56. The second-order valence-corrected chi connectivity index (χ2v) is 11.8. The van der Waals surface area contributed by atoms with E-state index >= 15 is 0 Å². The normalized spacial score (nSPS) is 46.8. The maximum Gasteiger partial charge on any atom is 0.0198 e. The highest BCUT2D eigenvalue weighted by Gasteiger charge is 2.53. The van der Waals surface area contributed by atoms with Gasteiger partial charge < -0.3 is 22.9 Å². The van der Waals surface area contributed by atoms with Crippen LogP contribution in [0.2, 0.25) is 0 Å². The van der Waals surface area contributed by atoms with E-state index in [1.807, 2.05) is 0 Å². The molecule has 3 saturated carbocycles. The molecule has 0 heterocycles. The van der Waals surface area contributed by atoms with Crippen molar-refractivity contribution in [2.24, 2.45) is 51.5 Å². The van der Waals surface area contributed by atoms with Gasteiger partial charge in [0, 0.05) is 17.6 Å². The molecule has 158 valence electrons. The molecule has 3 aliphatic rings. The van der Waals surface area contributed by atoms with Crippen LogP contribution in [-0.2, 0) is 0 Å². The van der Waals surface area contributed by atoms with Crippen molar-refractivity contribution in [3.05, 3.63) is 0 Å². The zero-order valence-corrected chi connectivity index (χ0v) is 18.2. The summed E-state index contributed by atoms with van der Waals surface area (Å²) in [5, 5.41) is 0. The van der Waals surface area contributed by atoms with Crippen molar-refractivity contribution >= 4 is 0 Å². The first-order valence-corrected chi connectivity index (χ1v) is 11.6. The zero-order chi connectivity index (χ0) is 19.9. The highest BCUT2D eigenvalue weighted by Crippen LogP contribution is 2.56. The van der Waals surface area contributed by atoms with E-state index in [9.17, 15) is 0 Å². The molecule has 4 nitrogen and oxygen atoms in total. The fourth-order valence-corrected chi connectivity index (χ4v) is 7.74. The van der Waals surface area contributed by atoms with Crippen molar-refractivity contribution in [2.45, 2.75) is 109 Å². The van der Waals surface area contributed by atoms with Crippen molar-refractivity contribution < 1.29 is 0 Å². The summed E-state index contributed by atoms with van der Waals surface area (Å²) in [4.78, 5) is 0. The fraction of sp³-hybridized carbons (Fsp3) is 1.00. The van der Waals surface area contributed by atoms with E-state index in [-0.39, 0.29) is 16.4 Å². The molecule has 3 fully saturated rings. The molecule has 0 bridgehead atoms. The summed E-state index contributed by atoms with van der Waals surface area (Å²) in [6, 6.07) is 0.792. The molecule has 0 aliphatic heterocycles. The second kappa shape index (κ2) is 7.93. The molecule has 0 aromatic rings. The molecule has 0 aromatic carbocycles. The molecule has 3 rings (SSSR count). The molecular formula is C23H46N4. The Hall–Kier alpha value is -0.160. The second-order valence-electron chi connectivity index (χ2n) is 11.8. The van der Waals surface area contributed by atoms with E-state index in [1.54, 1.807) is 0 Å². The third-order valence-electron chi connectivity index (χ3n) is 8.27. The summed E-state index contributed by atoms with van der Waals surface area (Å²) < 4.78 is 0. The monoisotopic (exact) mass is 378 g/mol. The van der Waals surface area contributed by atoms with Crippen molar-refractivity contribution in [3.63, 3.8) is 0 Å². The Kier molecular flexibility index (Phi) is 6.33. The molecule has 2 unspecified atom stereocenters. The van der Waals surface area contributed by atoms with Gasteiger partial charge in [-0.1, -0.05) is 20.8 Å². The molecule has 2 atom stereocenters. The first-order valence-electron chi connectivity index (χ1n) is 11.6. The fourth-order valence-electron chi connectivity index (χ4n) is 7.74. The van der Waals surface area contributed by atoms with Gasteiger partial charge in [-0.15, -0.1) is 0 Å². The lowest BCUT2D eigenvalue weighted by molar-refractivity contribution is -0.0375. The maximum atomic E-state index is 7.44. The Morgan fingerprint density at radius 2 is 1.19 bits per heavy atom. The third-order valence-corrected chi connectivity index (χ3v) is 8.27. The van der Waals surface area contributed by atoms with Gasteiger partial charge in [0.15, 0.2) is 0 Å². The minimum absolute atomic E-state index is 0.103. The van der Waals surface area contributed by atoms with E-state index in [2.05, 4.69) is 20.8 Å². The summed E-state index contributed by atoms with van der Waals surface area (Å²) in [5.74, 6) is 2.05. The van der Waals surface area contributed by atoms with Gasteiger partial charge in [-0.3, -0.25) is 0 Å². The van der Waals surface area contributed by atoms with E-state index in [1.165, 1.54) is 57.8 Å². The molecule has 0 radical (unpaired) electrons. The average molecular weight is 379 g/mol. The smallest absolute Gasteiger partial charge is 0.0198 e. The van der Waals surface area contributed by atoms with Crippen LogP contribution in [0, 0.1) is 28.6 Å². The van der Waals surface area contributed by atoms with Gasteiger partial charge >= 0.3 is 0 Å². The third kappa shape index (κ3) is 4.88. The maximum absolute atomic E-state index is 7.44. The largest absolute Gasteiger partial charge is 0.330 e. The predicted octanol–water partition coefficient (Wildman–Crippen LogP) is 3.51. The molecule has 27 heavy (non-hydrogen) atoms. The van der Waals surface area contributed by atoms with Crippen molar-refractivity contribution in [2.75, 3.05) is 6.54 Å². The van der Waals surface area contributed by atoms with E-state index in [4.69, 9.17) is 22.9 Å². The van der Waals surface area contributed by atoms with Crippen LogP contribution in [-0.4, -0.2) is 24.2 Å². The first kappa shape index (κ1) is 21.5. The van der Waals surface area contributed by atoms with Crippen LogP contribution < -0.4 is 22.9 Å². The summed E-state index contributed by atoms with van der Waals surface area (Å²) in [5.41, 5.74) is 26.5. The van der Waals surface area contributed by atoms with Gasteiger partial charge in [-0.05, 0) is 106 Å². The Morgan fingerprint density at radius 3 is 1.59 bits per heavy atom. The van der Waals surface area contributed by atoms with Gasteiger partial charge in [-0.2, -0.15) is 0 Å². The standard InChI is InChI=1S/C23H46N4/c1-21(2)12-22(3,15-24)14-23(27,13-21)20(16-4-8-18(25)9-5-16)17-6-10-19(26)11-7-17/h16-20H,4-15,24-27H2,1-3H3. The van der Waals surface area contributed by atoms with Crippen LogP contribution in [0.25, 0.3) is 0 Å². The lowest BCUT2D eigenvalue weighted by Gasteiger charge is -2.58. The van der Waals surface area contributed by atoms with Gasteiger partial charge in [0.2, 0.25) is 0 Å². The summed E-state index contributed by atoms with van der Waals surface area (Å²) in [6.45, 7) is 7.94.